The molecule has 0 N–H and O–H groups in total. The Morgan fingerprint density at radius 2 is 1.86 bits per heavy atom. The molecule has 0 fully saturated rings. The maximum atomic E-state index is 11.4. The van der Waals surface area contributed by atoms with E-state index in [4.69, 9.17) is 0 Å². The van der Waals surface area contributed by atoms with Crippen LogP contribution in [-0.2, 0) is 14.4 Å². The lowest BCUT2D eigenvalue weighted by Crippen LogP contribution is -2.02. The van der Waals surface area contributed by atoms with Gasteiger partial charge in [0, 0.05) is 6.21 Å². The Bertz CT molecular complexity index is 420. The fourth-order valence-corrected chi connectivity index (χ4v) is 1.60. The molecule has 0 atom stereocenters. The molecule has 0 bridgehead atoms. The minimum absolute atomic E-state index is 0.105. The predicted octanol–water partition coefficient (Wildman–Crippen LogP) is 1.71. The van der Waals surface area contributed by atoms with Gasteiger partial charge in [-0.1, -0.05) is 22.9 Å². The summed E-state index contributed by atoms with van der Waals surface area (Å²) < 4.78 is 27.1. The molecule has 76 valence electrons. The van der Waals surface area contributed by atoms with Crippen molar-refractivity contribution >= 4 is 16.3 Å². The molecule has 0 unspecified atom stereocenters. The van der Waals surface area contributed by atoms with Gasteiger partial charge in [0.15, 0.2) is 0 Å². The van der Waals surface area contributed by atoms with Crippen molar-refractivity contribution in [2.45, 2.75) is 18.7 Å². The van der Waals surface area contributed by atoms with E-state index >= 15 is 0 Å². The topological polar surface area (TPSA) is 55.7 Å². The monoisotopic (exact) mass is 213 g/mol. The smallest absolute Gasteiger partial charge is 0.265 e. The van der Waals surface area contributed by atoms with E-state index in [9.17, 15) is 8.42 Å². The second-order valence-corrected chi connectivity index (χ2v) is 4.23. The van der Waals surface area contributed by atoms with Crippen LogP contribution < -0.4 is 0 Å². The summed E-state index contributed by atoms with van der Waals surface area (Å²) in [4.78, 5) is 0.105. The Hall–Kier alpha value is -1.36. The van der Waals surface area contributed by atoms with Gasteiger partial charge in [0.2, 0.25) is 0 Å². The van der Waals surface area contributed by atoms with Gasteiger partial charge < -0.3 is 0 Å². The van der Waals surface area contributed by atoms with Gasteiger partial charge in [-0.05, 0) is 26.0 Å². The number of nitrogens with zero attached hydrogens (tertiary/aromatic N) is 1. The third-order valence-corrected chi connectivity index (χ3v) is 2.69. The second-order valence-electron chi connectivity index (χ2n) is 2.71. The van der Waals surface area contributed by atoms with Crippen LogP contribution in [0.1, 0.15) is 12.5 Å². The zero-order chi connectivity index (χ0) is 10.6. The van der Waals surface area contributed by atoms with Crippen LogP contribution in [0.5, 0.6) is 0 Å². The molecule has 1 aromatic carbocycles. The van der Waals surface area contributed by atoms with Crippen LogP contribution >= 0.6 is 0 Å². The van der Waals surface area contributed by atoms with Crippen molar-refractivity contribution in [3.63, 3.8) is 0 Å². The molecule has 0 saturated carbocycles. The summed E-state index contributed by atoms with van der Waals surface area (Å²) in [5.74, 6) is 0. The van der Waals surface area contributed by atoms with Gasteiger partial charge in [0.05, 0.1) is 0 Å². The Labute approximate surface area is 83.3 Å². The number of hydrogen-bond acceptors (Lipinski definition) is 4. The van der Waals surface area contributed by atoms with Crippen molar-refractivity contribution in [2.75, 3.05) is 0 Å². The zero-order valence-electron chi connectivity index (χ0n) is 7.97. The first-order valence-electron chi connectivity index (χ1n) is 4.04. The first-order chi connectivity index (χ1) is 6.56. The van der Waals surface area contributed by atoms with Gasteiger partial charge in [-0.25, -0.2) is 0 Å². The lowest BCUT2D eigenvalue weighted by Gasteiger charge is -2.00. The minimum atomic E-state index is -3.74. The third-order valence-electron chi connectivity index (χ3n) is 1.56. The lowest BCUT2D eigenvalue weighted by molar-refractivity contribution is 0.340. The molecule has 0 spiro atoms. The van der Waals surface area contributed by atoms with Crippen molar-refractivity contribution in [1.29, 1.82) is 0 Å². The number of aryl methyl sites for hydroxylation is 1. The first kappa shape index (κ1) is 10.7. The molecule has 5 heteroatoms. The van der Waals surface area contributed by atoms with Crippen LogP contribution in [0.3, 0.4) is 0 Å². The van der Waals surface area contributed by atoms with Crippen LogP contribution in [0.2, 0.25) is 0 Å². The maximum absolute atomic E-state index is 11.4. The Morgan fingerprint density at radius 3 is 2.36 bits per heavy atom. The Morgan fingerprint density at radius 1 is 1.29 bits per heavy atom. The molecule has 0 aliphatic carbocycles. The van der Waals surface area contributed by atoms with E-state index in [1.54, 1.807) is 19.1 Å². The molecule has 1 rings (SSSR count). The summed E-state index contributed by atoms with van der Waals surface area (Å²) >= 11 is 0. The van der Waals surface area contributed by atoms with Crippen LogP contribution in [0.25, 0.3) is 0 Å². The average molecular weight is 213 g/mol. The molecule has 0 aliphatic rings. The highest BCUT2D eigenvalue weighted by Crippen LogP contribution is 2.12. The fourth-order valence-electron chi connectivity index (χ4n) is 0.848. The second kappa shape index (κ2) is 4.23. The van der Waals surface area contributed by atoms with Crippen LogP contribution in [0.4, 0.5) is 0 Å². The van der Waals surface area contributed by atoms with Crippen molar-refractivity contribution in [3.8, 4) is 0 Å². The van der Waals surface area contributed by atoms with Gasteiger partial charge in [-0.3, -0.25) is 4.28 Å². The van der Waals surface area contributed by atoms with E-state index in [1.165, 1.54) is 18.3 Å². The summed E-state index contributed by atoms with van der Waals surface area (Å²) in [5.41, 5.74) is 0.989. The molecule has 14 heavy (non-hydrogen) atoms. The van der Waals surface area contributed by atoms with Crippen LogP contribution in [0.15, 0.2) is 34.3 Å². The number of oxime groups is 1. The molecule has 0 amide bonds. The highest BCUT2D eigenvalue weighted by Gasteiger charge is 2.14. The SMILES string of the molecule is C/C=N\OS(=O)(=O)c1ccc(C)cc1. The predicted molar refractivity (Wildman–Crippen MR) is 53.6 cm³/mol. The summed E-state index contributed by atoms with van der Waals surface area (Å²) in [6, 6.07) is 6.36. The Kier molecular flexibility index (Phi) is 3.24. The van der Waals surface area contributed by atoms with E-state index in [0.29, 0.717) is 0 Å². The summed E-state index contributed by atoms with van der Waals surface area (Å²) in [5, 5.41) is 3.23. The highest BCUT2D eigenvalue weighted by molar-refractivity contribution is 7.86. The van der Waals surface area contributed by atoms with Crippen molar-refractivity contribution in [2.24, 2.45) is 5.16 Å². The van der Waals surface area contributed by atoms with Gasteiger partial charge in [0.1, 0.15) is 4.90 Å². The quantitative estimate of drug-likeness (QED) is 0.567. The van der Waals surface area contributed by atoms with Crippen molar-refractivity contribution < 1.29 is 12.7 Å². The fraction of sp³-hybridized carbons (Fsp3) is 0.222. The van der Waals surface area contributed by atoms with Gasteiger partial charge >= 0.3 is 10.1 Å². The third kappa shape index (κ3) is 2.56. The normalized spacial score (nSPS) is 11.9. The standard InChI is InChI=1S/C9H11NO3S/c1-3-10-13-14(11,12)9-6-4-8(2)5-7-9/h3-7H,1-2H3/b10-3-. The number of hydrogen-bond donors (Lipinski definition) is 0. The molecule has 1 aromatic rings. The molecule has 4 nitrogen and oxygen atoms in total. The van der Waals surface area contributed by atoms with E-state index in [2.05, 4.69) is 9.44 Å². The molecule has 0 radical (unpaired) electrons. The highest BCUT2D eigenvalue weighted by atomic mass is 32.2. The van der Waals surface area contributed by atoms with Gasteiger partial charge in [-0.15, -0.1) is 0 Å². The summed E-state index contributed by atoms with van der Waals surface area (Å²) in [6.07, 6.45) is 1.27. The van der Waals surface area contributed by atoms with E-state index in [1.807, 2.05) is 6.92 Å². The van der Waals surface area contributed by atoms with Crippen molar-refractivity contribution in [1.82, 2.24) is 0 Å². The zero-order valence-corrected chi connectivity index (χ0v) is 8.78. The number of rotatable bonds is 3. The largest absolute Gasteiger partial charge is 0.358 e. The molecule has 0 aliphatic heterocycles. The van der Waals surface area contributed by atoms with Crippen LogP contribution in [-0.4, -0.2) is 14.6 Å². The molecule has 0 aromatic heterocycles. The molecule has 0 heterocycles. The maximum Gasteiger partial charge on any atom is 0.358 e. The lowest BCUT2D eigenvalue weighted by atomic mass is 10.2. The van der Waals surface area contributed by atoms with E-state index < -0.39 is 10.1 Å². The minimum Gasteiger partial charge on any atom is -0.265 e. The molecular formula is C9H11NO3S. The van der Waals surface area contributed by atoms with E-state index in [0.717, 1.165) is 5.56 Å². The van der Waals surface area contributed by atoms with Gasteiger partial charge in [-0.2, -0.15) is 8.42 Å². The first-order valence-corrected chi connectivity index (χ1v) is 5.45. The summed E-state index contributed by atoms with van der Waals surface area (Å²) in [6.45, 7) is 3.45. The molecule has 0 saturated heterocycles. The van der Waals surface area contributed by atoms with Crippen LogP contribution in [0, 0.1) is 6.92 Å². The molecular weight excluding hydrogens is 202 g/mol. The average Bonchev–Trinajstić information content (AvgIpc) is 2.16. The summed E-state index contributed by atoms with van der Waals surface area (Å²) in [7, 11) is -3.74. The van der Waals surface area contributed by atoms with Gasteiger partial charge in [0.25, 0.3) is 0 Å². The Balaban J connectivity index is 2.99. The van der Waals surface area contributed by atoms with E-state index in [-0.39, 0.29) is 4.90 Å². The number of benzene rings is 1. The van der Waals surface area contributed by atoms with Crippen molar-refractivity contribution in [3.05, 3.63) is 29.8 Å².